The number of likely N-dealkylation sites (tertiary alicyclic amines) is 1. The van der Waals surface area contributed by atoms with Crippen LogP contribution in [0, 0.1) is 0 Å². The molecule has 0 aliphatic carbocycles. The van der Waals surface area contributed by atoms with Gasteiger partial charge < -0.3 is 14.9 Å². The molecule has 0 radical (unpaired) electrons. The molecule has 30 heavy (non-hydrogen) atoms. The number of amides is 2. The van der Waals surface area contributed by atoms with E-state index in [0.717, 1.165) is 17.2 Å². The van der Waals surface area contributed by atoms with E-state index < -0.39 is 15.9 Å². The highest BCUT2D eigenvalue weighted by Crippen LogP contribution is 2.24. The van der Waals surface area contributed by atoms with Crippen LogP contribution in [0.5, 0.6) is 0 Å². The molecule has 7 nitrogen and oxygen atoms in total. The Bertz CT molecular complexity index is 1060. The van der Waals surface area contributed by atoms with Crippen molar-refractivity contribution in [2.24, 2.45) is 0 Å². The Hall–Kier alpha value is -2.32. The van der Waals surface area contributed by atoms with Crippen molar-refractivity contribution in [3.63, 3.8) is 0 Å². The van der Waals surface area contributed by atoms with Crippen molar-refractivity contribution in [3.8, 4) is 0 Å². The van der Waals surface area contributed by atoms with E-state index in [1.54, 1.807) is 48.3 Å². The monoisotopic (exact) mass is 452 g/mol. The smallest absolute Gasteiger partial charge is 0.407 e. The fourth-order valence-electron chi connectivity index (χ4n) is 3.74. The molecule has 1 heterocycles. The first-order valence-electron chi connectivity index (χ1n) is 9.83. The molecule has 9 heteroatoms. The Kier molecular flexibility index (Phi) is 6.88. The molecule has 0 bridgehead atoms. The SMILES string of the molecule is CN(C(=O)CCCS(=O)(=O)c1ccc2cc(Cl)ccc2c1)C1CCCN(C(=O)O)C1. The number of piperidine rings is 1. The summed E-state index contributed by atoms with van der Waals surface area (Å²) in [5, 5.41) is 11.4. The minimum Gasteiger partial charge on any atom is -0.465 e. The Labute approximate surface area is 181 Å². The number of carbonyl (C=O) groups is 2. The molecule has 2 aromatic rings. The van der Waals surface area contributed by atoms with Crippen LogP contribution in [0.25, 0.3) is 10.8 Å². The van der Waals surface area contributed by atoms with Crippen LogP contribution in [0.1, 0.15) is 25.7 Å². The summed E-state index contributed by atoms with van der Waals surface area (Å²) in [4.78, 5) is 26.8. The first kappa shape index (κ1) is 22.4. The lowest BCUT2D eigenvalue weighted by Crippen LogP contribution is -2.50. The molecule has 0 saturated carbocycles. The molecule has 2 amide bonds. The zero-order valence-electron chi connectivity index (χ0n) is 16.8. The Morgan fingerprint density at radius 2 is 1.90 bits per heavy atom. The number of hydrogen-bond donors (Lipinski definition) is 1. The van der Waals surface area contributed by atoms with E-state index >= 15 is 0 Å². The van der Waals surface area contributed by atoms with Crippen LogP contribution < -0.4 is 0 Å². The average Bonchev–Trinajstić information content (AvgIpc) is 2.72. The highest BCUT2D eigenvalue weighted by Gasteiger charge is 2.28. The van der Waals surface area contributed by atoms with Gasteiger partial charge in [-0.05, 0) is 54.3 Å². The quantitative estimate of drug-likeness (QED) is 0.721. The predicted molar refractivity (Wildman–Crippen MR) is 116 cm³/mol. The minimum absolute atomic E-state index is 0.0997. The lowest BCUT2D eigenvalue weighted by Gasteiger charge is -2.36. The third kappa shape index (κ3) is 5.23. The van der Waals surface area contributed by atoms with Crippen molar-refractivity contribution in [2.45, 2.75) is 36.6 Å². The second-order valence-corrected chi connectivity index (χ2v) is 10.2. The maximum absolute atomic E-state index is 12.7. The van der Waals surface area contributed by atoms with Crippen LogP contribution in [0.3, 0.4) is 0 Å². The standard InChI is InChI=1S/C21H25ClN2O5S/c1-23(18-4-2-10-24(14-18)21(26)27)20(25)5-3-11-30(28,29)19-9-7-15-12-17(22)8-6-16(15)13-19/h6-9,12-13,18H,2-5,10-11,14H2,1H3,(H,26,27). The van der Waals surface area contributed by atoms with E-state index in [4.69, 9.17) is 16.7 Å². The molecule has 0 spiro atoms. The first-order valence-corrected chi connectivity index (χ1v) is 11.9. The number of fused-ring (bicyclic) bond motifs is 1. The van der Waals surface area contributed by atoms with Crippen LogP contribution in [0.15, 0.2) is 41.3 Å². The summed E-state index contributed by atoms with van der Waals surface area (Å²) in [7, 11) is -1.86. The van der Waals surface area contributed by atoms with Crippen molar-refractivity contribution in [3.05, 3.63) is 41.4 Å². The van der Waals surface area contributed by atoms with Crippen molar-refractivity contribution in [1.29, 1.82) is 0 Å². The molecular weight excluding hydrogens is 428 g/mol. The Balaban J connectivity index is 1.57. The number of carboxylic acid groups (broad SMARTS) is 1. The molecule has 0 aromatic heterocycles. The molecule has 1 atom stereocenters. The summed E-state index contributed by atoms with van der Waals surface area (Å²) >= 11 is 5.97. The van der Waals surface area contributed by atoms with Gasteiger partial charge in [0.05, 0.1) is 10.6 Å². The fraction of sp³-hybridized carbons (Fsp3) is 0.429. The molecule has 1 aliphatic heterocycles. The third-order valence-corrected chi connectivity index (χ3v) is 7.58. The molecule has 1 N–H and O–H groups in total. The summed E-state index contributed by atoms with van der Waals surface area (Å²) in [6.07, 6.45) is 0.771. The summed E-state index contributed by atoms with van der Waals surface area (Å²) < 4.78 is 25.4. The lowest BCUT2D eigenvalue weighted by atomic mass is 10.0. The highest BCUT2D eigenvalue weighted by atomic mass is 35.5. The number of carbonyl (C=O) groups excluding carboxylic acids is 1. The lowest BCUT2D eigenvalue weighted by molar-refractivity contribution is -0.132. The molecule has 1 aliphatic rings. The summed E-state index contributed by atoms with van der Waals surface area (Å²) in [5.74, 6) is -0.298. The number of nitrogens with zero attached hydrogens (tertiary/aromatic N) is 2. The van der Waals surface area contributed by atoms with E-state index in [1.165, 1.54) is 4.90 Å². The highest BCUT2D eigenvalue weighted by molar-refractivity contribution is 7.91. The predicted octanol–water partition coefficient (Wildman–Crippen LogP) is 3.65. The van der Waals surface area contributed by atoms with E-state index in [9.17, 15) is 18.0 Å². The minimum atomic E-state index is -3.52. The zero-order valence-corrected chi connectivity index (χ0v) is 18.3. The van der Waals surface area contributed by atoms with Crippen LogP contribution >= 0.6 is 11.6 Å². The topological polar surface area (TPSA) is 95.0 Å². The number of likely N-dealkylation sites (N-methyl/N-ethyl adjacent to an activating group) is 1. The van der Waals surface area contributed by atoms with E-state index in [1.807, 2.05) is 0 Å². The maximum atomic E-state index is 12.7. The third-order valence-electron chi connectivity index (χ3n) is 5.54. The van der Waals surface area contributed by atoms with E-state index in [2.05, 4.69) is 0 Å². The summed E-state index contributed by atoms with van der Waals surface area (Å²) in [6, 6.07) is 10.0. The van der Waals surface area contributed by atoms with Crippen molar-refractivity contribution in [2.75, 3.05) is 25.9 Å². The maximum Gasteiger partial charge on any atom is 0.407 e. The molecular formula is C21H25ClN2O5S. The van der Waals surface area contributed by atoms with Gasteiger partial charge in [0.25, 0.3) is 0 Å². The van der Waals surface area contributed by atoms with Gasteiger partial charge in [-0.25, -0.2) is 13.2 Å². The van der Waals surface area contributed by atoms with Crippen LogP contribution in [0.2, 0.25) is 5.02 Å². The van der Waals surface area contributed by atoms with Gasteiger partial charge in [-0.15, -0.1) is 0 Å². The normalized spacial score (nSPS) is 17.1. The average molecular weight is 453 g/mol. The molecule has 1 unspecified atom stereocenters. The van der Waals surface area contributed by atoms with Gasteiger partial charge in [-0.3, -0.25) is 4.79 Å². The van der Waals surface area contributed by atoms with Crippen LogP contribution in [-0.2, 0) is 14.6 Å². The number of halogens is 1. The van der Waals surface area contributed by atoms with Crippen molar-refractivity contribution < 1.29 is 23.1 Å². The summed E-state index contributed by atoms with van der Waals surface area (Å²) in [5.41, 5.74) is 0. The Morgan fingerprint density at radius 1 is 1.20 bits per heavy atom. The Morgan fingerprint density at radius 3 is 2.63 bits per heavy atom. The second-order valence-electron chi connectivity index (χ2n) is 7.60. The van der Waals surface area contributed by atoms with Crippen LogP contribution in [-0.4, -0.2) is 67.3 Å². The first-order chi connectivity index (χ1) is 14.2. The van der Waals surface area contributed by atoms with Crippen molar-refractivity contribution >= 4 is 44.2 Å². The summed E-state index contributed by atoms with van der Waals surface area (Å²) in [6.45, 7) is 0.765. The van der Waals surface area contributed by atoms with Gasteiger partial charge >= 0.3 is 6.09 Å². The molecule has 2 aromatic carbocycles. The fourth-order valence-corrected chi connectivity index (χ4v) is 5.27. The number of hydrogen-bond acceptors (Lipinski definition) is 4. The molecule has 162 valence electrons. The van der Waals surface area contributed by atoms with Gasteiger partial charge in [-0.1, -0.05) is 23.7 Å². The van der Waals surface area contributed by atoms with Gasteiger partial charge in [0.1, 0.15) is 0 Å². The molecule has 3 rings (SSSR count). The van der Waals surface area contributed by atoms with Gasteiger partial charge in [0, 0.05) is 37.6 Å². The van der Waals surface area contributed by atoms with Crippen molar-refractivity contribution in [1.82, 2.24) is 9.80 Å². The number of benzene rings is 2. The van der Waals surface area contributed by atoms with E-state index in [0.29, 0.717) is 18.0 Å². The van der Waals surface area contributed by atoms with Gasteiger partial charge in [0.15, 0.2) is 9.84 Å². The largest absolute Gasteiger partial charge is 0.465 e. The molecule has 1 saturated heterocycles. The number of rotatable bonds is 6. The molecule has 1 fully saturated rings. The second kappa shape index (κ2) is 9.22. The van der Waals surface area contributed by atoms with Gasteiger partial charge in [0.2, 0.25) is 5.91 Å². The van der Waals surface area contributed by atoms with E-state index in [-0.39, 0.29) is 42.0 Å². The number of sulfone groups is 1. The van der Waals surface area contributed by atoms with Gasteiger partial charge in [-0.2, -0.15) is 0 Å². The van der Waals surface area contributed by atoms with Crippen LogP contribution in [0.4, 0.5) is 4.79 Å². The zero-order chi connectivity index (χ0) is 21.9.